The van der Waals surface area contributed by atoms with Crippen LogP contribution in [0.15, 0.2) is 24.3 Å². The molecule has 1 unspecified atom stereocenters. The van der Waals surface area contributed by atoms with Gasteiger partial charge in [-0.1, -0.05) is 31.3 Å². The van der Waals surface area contributed by atoms with Crippen LogP contribution in [0.4, 0.5) is 10.1 Å². The van der Waals surface area contributed by atoms with Crippen LogP contribution in [0.5, 0.6) is 0 Å². The minimum Gasteiger partial charge on any atom is -0.392 e. The first kappa shape index (κ1) is 13.6. The summed E-state index contributed by atoms with van der Waals surface area (Å²) in [5.74, 6) is -0.875. The van der Waals surface area contributed by atoms with E-state index in [1.165, 1.54) is 12.1 Å². The molecule has 5 heteroatoms. The number of rotatable bonds is 4. The Hall–Kier alpha value is -1.49. The lowest BCUT2D eigenvalue weighted by molar-refractivity contribution is -0.121. The molecule has 0 heterocycles. The van der Waals surface area contributed by atoms with Crippen molar-refractivity contribution in [3.05, 3.63) is 30.1 Å². The topological polar surface area (TPSA) is 55.1 Å². The van der Waals surface area contributed by atoms with Crippen molar-refractivity contribution in [1.29, 1.82) is 0 Å². The van der Waals surface area contributed by atoms with Gasteiger partial charge in [0.1, 0.15) is 5.82 Å². The van der Waals surface area contributed by atoms with Crippen LogP contribution in [0.3, 0.4) is 0 Å². The van der Waals surface area contributed by atoms with Crippen molar-refractivity contribution in [3.63, 3.8) is 0 Å². The molecule has 0 spiro atoms. The predicted octanol–water partition coefficient (Wildman–Crippen LogP) is 2.47. The smallest absolute Gasteiger partial charge is 0.237 e. The minimum absolute atomic E-state index is 0.105. The van der Waals surface area contributed by atoms with Gasteiger partial charge in [0.15, 0.2) is 0 Å². The molecule has 0 aliphatic rings. The van der Waals surface area contributed by atoms with Gasteiger partial charge in [-0.15, -0.1) is 0 Å². The molecular weight excluding hydrogens is 239 g/mol. The van der Waals surface area contributed by atoms with Crippen LogP contribution in [0.25, 0.3) is 0 Å². The average molecular weight is 254 g/mol. The number of hydrogen-bond donors (Lipinski definition) is 2. The molecule has 1 aromatic rings. The lowest BCUT2D eigenvalue weighted by Crippen LogP contribution is -2.43. The molecule has 92 valence electrons. The summed E-state index contributed by atoms with van der Waals surface area (Å²) < 4.78 is 13.4. The molecule has 0 radical (unpaired) electrons. The highest BCUT2D eigenvalue weighted by Crippen LogP contribution is 2.24. The Morgan fingerprint density at radius 2 is 2.12 bits per heavy atom. The lowest BCUT2D eigenvalue weighted by Gasteiger charge is -2.25. The number of benzene rings is 1. The average Bonchev–Trinajstić information content (AvgIpc) is 2.30. The number of thiocarbonyl (C=S) groups is 1. The summed E-state index contributed by atoms with van der Waals surface area (Å²) in [4.78, 5) is 12.1. The standard InChI is InChI=1S/C12H15FN2OS/c1-3-12(2,10(14)17)11(16)15-9-7-5-4-6-8(9)13/h4-7H,3H2,1-2H3,(H2,14,17)(H,15,16). The van der Waals surface area contributed by atoms with Gasteiger partial charge in [-0.3, -0.25) is 4.79 Å². The number of carbonyl (C=O) groups is 1. The maximum absolute atomic E-state index is 13.4. The van der Waals surface area contributed by atoms with E-state index in [0.29, 0.717) is 6.42 Å². The summed E-state index contributed by atoms with van der Waals surface area (Å²) in [5.41, 5.74) is 4.72. The molecular formula is C12H15FN2OS. The van der Waals surface area contributed by atoms with E-state index < -0.39 is 17.1 Å². The molecule has 0 fully saturated rings. The summed E-state index contributed by atoms with van der Waals surface area (Å²) in [7, 11) is 0. The van der Waals surface area contributed by atoms with Gasteiger partial charge < -0.3 is 11.1 Å². The first-order valence-corrected chi connectivity index (χ1v) is 5.68. The second kappa shape index (κ2) is 5.23. The van der Waals surface area contributed by atoms with Gasteiger partial charge in [0, 0.05) is 0 Å². The zero-order valence-corrected chi connectivity index (χ0v) is 10.6. The number of para-hydroxylation sites is 1. The molecule has 0 saturated heterocycles. The van der Waals surface area contributed by atoms with Crippen LogP contribution in [-0.2, 0) is 4.79 Å². The SMILES string of the molecule is CCC(C)(C(=O)Nc1ccccc1F)C(N)=S. The Bertz CT molecular complexity index is 450. The van der Waals surface area contributed by atoms with Crippen molar-refractivity contribution in [2.75, 3.05) is 5.32 Å². The van der Waals surface area contributed by atoms with E-state index in [-0.39, 0.29) is 10.7 Å². The Kier molecular flexibility index (Phi) is 4.17. The van der Waals surface area contributed by atoms with Crippen molar-refractivity contribution in [2.24, 2.45) is 11.1 Å². The number of anilines is 1. The lowest BCUT2D eigenvalue weighted by atomic mass is 9.86. The monoisotopic (exact) mass is 254 g/mol. The molecule has 0 bridgehead atoms. The highest BCUT2D eigenvalue weighted by atomic mass is 32.1. The molecule has 3 nitrogen and oxygen atoms in total. The fourth-order valence-electron chi connectivity index (χ4n) is 1.27. The maximum Gasteiger partial charge on any atom is 0.237 e. The van der Waals surface area contributed by atoms with Crippen molar-refractivity contribution in [3.8, 4) is 0 Å². The first-order valence-electron chi connectivity index (χ1n) is 5.27. The molecule has 17 heavy (non-hydrogen) atoms. The van der Waals surface area contributed by atoms with Crippen LogP contribution in [0.2, 0.25) is 0 Å². The van der Waals surface area contributed by atoms with E-state index in [1.807, 2.05) is 0 Å². The summed E-state index contributed by atoms with van der Waals surface area (Å²) in [6.07, 6.45) is 0.461. The van der Waals surface area contributed by atoms with E-state index in [4.69, 9.17) is 18.0 Å². The van der Waals surface area contributed by atoms with Crippen molar-refractivity contribution < 1.29 is 9.18 Å². The number of nitrogens with one attached hydrogen (secondary N) is 1. The van der Waals surface area contributed by atoms with Gasteiger partial charge in [0.05, 0.1) is 16.1 Å². The normalized spacial score (nSPS) is 13.8. The molecule has 1 atom stereocenters. The van der Waals surface area contributed by atoms with Crippen molar-refractivity contribution >= 4 is 28.8 Å². The van der Waals surface area contributed by atoms with Gasteiger partial charge in [0.25, 0.3) is 0 Å². The summed E-state index contributed by atoms with van der Waals surface area (Å²) in [6, 6.07) is 5.96. The summed E-state index contributed by atoms with van der Waals surface area (Å²) in [5, 5.41) is 2.50. The third kappa shape index (κ3) is 2.79. The van der Waals surface area contributed by atoms with E-state index in [0.717, 1.165) is 0 Å². The molecule has 0 saturated carbocycles. The Morgan fingerprint density at radius 3 is 2.59 bits per heavy atom. The minimum atomic E-state index is -0.961. The quantitative estimate of drug-likeness (QED) is 0.812. The van der Waals surface area contributed by atoms with Gasteiger partial charge in [-0.25, -0.2) is 4.39 Å². The third-order valence-corrected chi connectivity index (χ3v) is 3.32. The molecule has 0 aromatic heterocycles. The Balaban J connectivity index is 2.93. The molecule has 3 N–H and O–H groups in total. The highest BCUT2D eigenvalue weighted by molar-refractivity contribution is 7.80. The Labute approximate surface area is 105 Å². The molecule has 1 aromatic carbocycles. The highest BCUT2D eigenvalue weighted by Gasteiger charge is 2.34. The molecule has 1 rings (SSSR count). The number of amides is 1. The Morgan fingerprint density at radius 1 is 1.53 bits per heavy atom. The zero-order chi connectivity index (χ0) is 13.1. The van der Waals surface area contributed by atoms with Gasteiger partial charge in [0.2, 0.25) is 5.91 Å². The van der Waals surface area contributed by atoms with Crippen LogP contribution < -0.4 is 11.1 Å². The maximum atomic E-state index is 13.4. The van der Waals surface area contributed by atoms with Gasteiger partial charge in [-0.2, -0.15) is 0 Å². The van der Waals surface area contributed by atoms with E-state index >= 15 is 0 Å². The van der Waals surface area contributed by atoms with Crippen molar-refractivity contribution in [1.82, 2.24) is 0 Å². The van der Waals surface area contributed by atoms with Crippen LogP contribution in [-0.4, -0.2) is 10.9 Å². The molecule has 1 amide bonds. The first-order chi connectivity index (χ1) is 7.91. The number of carbonyl (C=O) groups excluding carboxylic acids is 1. The zero-order valence-electron chi connectivity index (χ0n) is 9.79. The summed E-state index contributed by atoms with van der Waals surface area (Å²) >= 11 is 4.88. The number of nitrogens with two attached hydrogens (primary N) is 1. The van der Waals surface area contributed by atoms with E-state index in [9.17, 15) is 9.18 Å². The van der Waals surface area contributed by atoms with Crippen LogP contribution >= 0.6 is 12.2 Å². The second-order valence-electron chi connectivity index (χ2n) is 3.98. The predicted molar refractivity (Wildman–Crippen MR) is 70.2 cm³/mol. The van der Waals surface area contributed by atoms with Crippen molar-refractivity contribution in [2.45, 2.75) is 20.3 Å². The second-order valence-corrected chi connectivity index (χ2v) is 4.42. The van der Waals surface area contributed by atoms with Gasteiger partial charge >= 0.3 is 0 Å². The van der Waals surface area contributed by atoms with Gasteiger partial charge in [-0.05, 0) is 25.5 Å². The number of halogens is 1. The molecule has 0 aliphatic heterocycles. The fourth-order valence-corrected chi connectivity index (χ4v) is 1.51. The van der Waals surface area contributed by atoms with E-state index in [2.05, 4.69) is 5.32 Å². The largest absolute Gasteiger partial charge is 0.392 e. The van der Waals surface area contributed by atoms with Crippen LogP contribution in [0.1, 0.15) is 20.3 Å². The van der Waals surface area contributed by atoms with Crippen LogP contribution in [0, 0.1) is 11.2 Å². The summed E-state index contributed by atoms with van der Waals surface area (Å²) in [6.45, 7) is 3.45. The van der Waals surface area contributed by atoms with E-state index in [1.54, 1.807) is 26.0 Å². The molecule has 0 aliphatic carbocycles. The third-order valence-electron chi connectivity index (χ3n) is 2.87. The fraction of sp³-hybridized carbons (Fsp3) is 0.333. The number of hydrogen-bond acceptors (Lipinski definition) is 2.